The molecular formula is C13H21N5OS. The van der Waals surface area contributed by atoms with E-state index < -0.39 is 0 Å². The van der Waals surface area contributed by atoms with Crippen LogP contribution in [0.15, 0.2) is 11.2 Å². The zero-order valence-corrected chi connectivity index (χ0v) is 13.0. The van der Waals surface area contributed by atoms with Crippen LogP contribution in [0.1, 0.15) is 19.8 Å². The summed E-state index contributed by atoms with van der Waals surface area (Å²) in [4.78, 5) is 22.9. The topological polar surface area (TPSA) is 70.2 Å². The maximum absolute atomic E-state index is 12.3. The summed E-state index contributed by atoms with van der Waals surface area (Å²) in [5.74, 6) is 1.55. The van der Waals surface area contributed by atoms with Crippen LogP contribution in [0.3, 0.4) is 0 Å². The number of hydrogen-bond donors (Lipinski definition) is 2. The Morgan fingerprint density at radius 2 is 2.00 bits per heavy atom. The van der Waals surface area contributed by atoms with E-state index >= 15 is 0 Å². The van der Waals surface area contributed by atoms with Gasteiger partial charge in [0.15, 0.2) is 5.16 Å². The smallest absolute Gasteiger partial charge is 0.244 e. The average Bonchev–Trinajstić information content (AvgIpc) is 3.00. The fourth-order valence-electron chi connectivity index (χ4n) is 2.21. The van der Waals surface area contributed by atoms with Gasteiger partial charge in [-0.3, -0.25) is 4.79 Å². The summed E-state index contributed by atoms with van der Waals surface area (Å²) in [6.07, 6.45) is 4.14. The Labute approximate surface area is 123 Å². The van der Waals surface area contributed by atoms with Gasteiger partial charge in [0.1, 0.15) is 17.7 Å². The molecule has 1 atom stereocenters. The third-order valence-corrected chi connectivity index (χ3v) is 3.84. The van der Waals surface area contributed by atoms with E-state index in [4.69, 9.17) is 0 Å². The first-order valence-corrected chi connectivity index (χ1v) is 8.02. The molecule has 0 saturated carbocycles. The van der Waals surface area contributed by atoms with Crippen LogP contribution >= 0.6 is 11.8 Å². The Morgan fingerprint density at radius 1 is 1.35 bits per heavy atom. The molecule has 0 bridgehead atoms. The van der Waals surface area contributed by atoms with Crippen molar-refractivity contribution >= 4 is 29.3 Å². The zero-order valence-electron chi connectivity index (χ0n) is 12.1. The molecule has 1 aliphatic heterocycles. The average molecular weight is 295 g/mol. The number of rotatable bonds is 5. The quantitative estimate of drug-likeness (QED) is 0.636. The maximum Gasteiger partial charge on any atom is 0.244 e. The lowest BCUT2D eigenvalue weighted by Crippen LogP contribution is -2.39. The lowest BCUT2D eigenvalue weighted by molar-refractivity contribution is -0.130. The molecule has 1 aromatic heterocycles. The van der Waals surface area contributed by atoms with E-state index in [1.54, 1.807) is 0 Å². The van der Waals surface area contributed by atoms with Crippen molar-refractivity contribution in [1.29, 1.82) is 0 Å². The number of carbonyl (C=O) groups is 1. The largest absolute Gasteiger partial charge is 0.373 e. The van der Waals surface area contributed by atoms with Gasteiger partial charge in [-0.2, -0.15) is 0 Å². The molecule has 6 nitrogen and oxygen atoms in total. The molecule has 1 aromatic rings. The van der Waals surface area contributed by atoms with E-state index in [0.29, 0.717) is 11.0 Å². The van der Waals surface area contributed by atoms with Gasteiger partial charge in [0, 0.05) is 26.2 Å². The minimum absolute atomic E-state index is 0.137. The summed E-state index contributed by atoms with van der Waals surface area (Å²) in [6, 6.07) is 1.54. The van der Waals surface area contributed by atoms with E-state index in [0.717, 1.165) is 31.7 Å². The number of hydrogen-bond acceptors (Lipinski definition) is 6. The Kier molecular flexibility index (Phi) is 5.05. The lowest BCUT2D eigenvalue weighted by atomic mass is 10.3. The zero-order chi connectivity index (χ0) is 14.5. The van der Waals surface area contributed by atoms with Gasteiger partial charge in [0.05, 0.1) is 0 Å². The van der Waals surface area contributed by atoms with Gasteiger partial charge in [-0.1, -0.05) is 11.8 Å². The predicted octanol–water partition coefficient (Wildman–Crippen LogP) is 1.66. The first kappa shape index (κ1) is 14.9. The van der Waals surface area contributed by atoms with Crippen molar-refractivity contribution in [2.24, 2.45) is 0 Å². The maximum atomic E-state index is 12.3. The van der Waals surface area contributed by atoms with Gasteiger partial charge in [-0.05, 0) is 26.0 Å². The molecule has 0 aliphatic carbocycles. The number of likely N-dealkylation sites (tertiary alicyclic amines) is 1. The van der Waals surface area contributed by atoms with Crippen LogP contribution in [0.25, 0.3) is 0 Å². The summed E-state index contributed by atoms with van der Waals surface area (Å²) >= 11 is 1.48. The van der Waals surface area contributed by atoms with Crippen molar-refractivity contribution in [3.05, 3.63) is 6.07 Å². The van der Waals surface area contributed by atoms with Gasteiger partial charge in [-0.15, -0.1) is 0 Å². The summed E-state index contributed by atoms with van der Waals surface area (Å²) in [5.41, 5.74) is 0. The molecule has 20 heavy (non-hydrogen) atoms. The summed E-state index contributed by atoms with van der Waals surface area (Å²) in [7, 11) is 1.81. The van der Waals surface area contributed by atoms with Gasteiger partial charge >= 0.3 is 0 Å². The fraction of sp³-hybridized carbons (Fsp3) is 0.615. The third-order valence-electron chi connectivity index (χ3n) is 3.30. The molecule has 0 spiro atoms. The standard InChI is InChI=1S/C13H21N5OS/c1-9(12(19)18-6-4-5-7-18)15-11-8-10(14-2)16-13(17-11)20-3/h8-9H,4-7H2,1-3H3,(H2,14,15,16,17). The molecule has 1 amide bonds. The number of aromatic nitrogens is 2. The number of anilines is 2. The molecule has 0 radical (unpaired) electrons. The van der Waals surface area contributed by atoms with Crippen LogP contribution in [0.4, 0.5) is 11.6 Å². The number of amides is 1. The van der Waals surface area contributed by atoms with Gasteiger partial charge in [0.25, 0.3) is 0 Å². The minimum Gasteiger partial charge on any atom is -0.373 e. The highest BCUT2D eigenvalue weighted by Gasteiger charge is 2.23. The third kappa shape index (κ3) is 3.53. The first-order chi connectivity index (χ1) is 9.63. The molecule has 1 unspecified atom stereocenters. The van der Waals surface area contributed by atoms with E-state index in [9.17, 15) is 4.79 Å². The Morgan fingerprint density at radius 3 is 2.60 bits per heavy atom. The predicted molar refractivity (Wildman–Crippen MR) is 82.3 cm³/mol. The van der Waals surface area contributed by atoms with Crippen LogP contribution in [0.5, 0.6) is 0 Å². The number of nitrogens with zero attached hydrogens (tertiary/aromatic N) is 3. The van der Waals surface area contributed by atoms with Crippen molar-refractivity contribution in [1.82, 2.24) is 14.9 Å². The molecule has 110 valence electrons. The molecule has 1 saturated heterocycles. The Balaban J connectivity index is 2.06. The number of nitrogens with one attached hydrogen (secondary N) is 2. The highest BCUT2D eigenvalue weighted by molar-refractivity contribution is 7.98. The first-order valence-electron chi connectivity index (χ1n) is 6.80. The molecule has 2 rings (SSSR count). The summed E-state index contributed by atoms with van der Waals surface area (Å²) in [6.45, 7) is 3.61. The number of thioether (sulfide) groups is 1. The fourth-order valence-corrected chi connectivity index (χ4v) is 2.59. The normalized spacial score (nSPS) is 16.1. The minimum atomic E-state index is -0.276. The molecule has 1 fully saturated rings. The molecule has 1 aliphatic rings. The van der Waals surface area contributed by atoms with Gasteiger partial charge in [0.2, 0.25) is 5.91 Å². The van der Waals surface area contributed by atoms with Crippen LogP contribution in [0.2, 0.25) is 0 Å². The number of carbonyl (C=O) groups excluding carboxylic acids is 1. The van der Waals surface area contributed by atoms with E-state index in [-0.39, 0.29) is 11.9 Å². The Bertz CT molecular complexity index is 454. The SMILES string of the molecule is CNc1cc(NC(C)C(=O)N2CCCC2)nc(SC)n1. The summed E-state index contributed by atoms with van der Waals surface area (Å²) in [5, 5.41) is 6.85. The van der Waals surface area contributed by atoms with E-state index in [1.165, 1.54) is 11.8 Å². The molecule has 0 aromatic carbocycles. The van der Waals surface area contributed by atoms with E-state index in [2.05, 4.69) is 20.6 Å². The van der Waals surface area contributed by atoms with Crippen LogP contribution in [-0.4, -0.2) is 53.2 Å². The van der Waals surface area contributed by atoms with Crippen molar-refractivity contribution in [3.63, 3.8) is 0 Å². The van der Waals surface area contributed by atoms with Crippen LogP contribution in [-0.2, 0) is 4.79 Å². The monoisotopic (exact) mass is 295 g/mol. The van der Waals surface area contributed by atoms with Crippen LogP contribution in [0, 0.1) is 0 Å². The highest BCUT2D eigenvalue weighted by Crippen LogP contribution is 2.18. The molecular weight excluding hydrogens is 274 g/mol. The Hall–Kier alpha value is -1.50. The van der Waals surface area contributed by atoms with Gasteiger partial charge in [-0.25, -0.2) is 9.97 Å². The van der Waals surface area contributed by atoms with Gasteiger partial charge < -0.3 is 15.5 Å². The highest BCUT2D eigenvalue weighted by atomic mass is 32.2. The molecule has 2 N–H and O–H groups in total. The van der Waals surface area contributed by atoms with Crippen LogP contribution < -0.4 is 10.6 Å². The second-order valence-electron chi connectivity index (χ2n) is 4.77. The van der Waals surface area contributed by atoms with Crippen molar-refractivity contribution in [2.75, 3.05) is 37.0 Å². The van der Waals surface area contributed by atoms with Crippen molar-refractivity contribution in [3.8, 4) is 0 Å². The molecule has 7 heteroatoms. The second-order valence-corrected chi connectivity index (χ2v) is 5.55. The van der Waals surface area contributed by atoms with E-state index in [1.807, 2.05) is 31.2 Å². The summed E-state index contributed by atoms with van der Waals surface area (Å²) < 4.78 is 0. The lowest BCUT2D eigenvalue weighted by Gasteiger charge is -2.21. The van der Waals surface area contributed by atoms with Crippen molar-refractivity contribution < 1.29 is 4.79 Å². The molecule has 2 heterocycles. The van der Waals surface area contributed by atoms with Crippen molar-refractivity contribution in [2.45, 2.75) is 31.0 Å². The second kappa shape index (κ2) is 6.78.